The van der Waals surface area contributed by atoms with Crippen LogP contribution in [0.2, 0.25) is 0 Å². The molecule has 0 saturated carbocycles. The van der Waals surface area contributed by atoms with Crippen LogP contribution in [0.3, 0.4) is 0 Å². The van der Waals surface area contributed by atoms with E-state index in [2.05, 4.69) is 15.5 Å². The number of aryl methyl sites for hydroxylation is 1. The molecule has 1 N–H and O–H groups in total. The molecule has 0 saturated heterocycles. The fraction of sp³-hybridized carbons (Fsp3) is 0.214. The molecular formula is C14H14N4O3. The Bertz CT molecular complexity index is 701. The van der Waals surface area contributed by atoms with Gasteiger partial charge in [-0.2, -0.15) is 10.4 Å². The highest BCUT2D eigenvalue weighted by atomic mass is 16.5. The number of hydrazone groups is 1. The van der Waals surface area contributed by atoms with Crippen molar-refractivity contribution in [1.82, 2.24) is 4.98 Å². The Hall–Kier alpha value is -3.01. The van der Waals surface area contributed by atoms with E-state index in [4.69, 9.17) is 19.2 Å². The number of oxazole rings is 1. The highest BCUT2D eigenvalue weighted by molar-refractivity contribution is 5.84. The molecule has 0 radical (unpaired) electrons. The van der Waals surface area contributed by atoms with Crippen molar-refractivity contribution in [3.8, 4) is 17.6 Å². The number of anilines is 1. The molecule has 0 fully saturated rings. The number of nitriles is 1. The molecule has 1 heterocycles. The zero-order valence-corrected chi connectivity index (χ0v) is 11.9. The van der Waals surface area contributed by atoms with Crippen LogP contribution in [0, 0.1) is 18.3 Å². The first-order valence-corrected chi connectivity index (χ1v) is 6.06. The topological polar surface area (TPSA) is 92.7 Å². The van der Waals surface area contributed by atoms with Gasteiger partial charge in [-0.1, -0.05) is 0 Å². The standard InChI is InChI=1S/C14H14N4O3/c1-9-17-12(7-15)14(21-9)18-16-8-10-4-5-11(19-2)6-13(10)20-3/h4-6,8,18H,1-3H3/b16-8+. The fourth-order valence-corrected chi connectivity index (χ4v) is 1.66. The van der Waals surface area contributed by atoms with Gasteiger partial charge in [0.2, 0.25) is 5.69 Å². The lowest BCUT2D eigenvalue weighted by Crippen LogP contribution is -1.95. The summed E-state index contributed by atoms with van der Waals surface area (Å²) >= 11 is 0. The number of nitrogens with zero attached hydrogens (tertiary/aromatic N) is 3. The van der Waals surface area contributed by atoms with Crippen LogP contribution < -0.4 is 14.9 Å². The molecule has 0 atom stereocenters. The third kappa shape index (κ3) is 3.30. The van der Waals surface area contributed by atoms with Crippen LogP contribution in [-0.4, -0.2) is 25.4 Å². The highest BCUT2D eigenvalue weighted by Gasteiger charge is 2.09. The van der Waals surface area contributed by atoms with Crippen molar-refractivity contribution in [2.75, 3.05) is 19.6 Å². The molecule has 1 aromatic heterocycles. The van der Waals surface area contributed by atoms with Crippen molar-refractivity contribution >= 4 is 12.1 Å². The number of rotatable bonds is 5. The quantitative estimate of drug-likeness (QED) is 0.669. The van der Waals surface area contributed by atoms with Crippen LogP contribution in [0.25, 0.3) is 0 Å². The van der Waals surface area contributed by atoms with Gasteiger partial charge in [0.25, 0.3) is 5.88 Å². The number of hydrogen-bond acceptors (Lipinski definition) is 7. The molecule has 0 amide bonds. The van der Waals surface area contributed by atoms with Crippen molar-refractivity contribution in [1.29, 1.82) is 5.26 Å². The third-order valence-electron chi connectivity index (χ3n) is 2.65. The predicted molar refractivity (Wildman–Crippen MR) is 76.7 cm³/mol. The van der Waals surface area contributed by atoms with Crippen LogP contribution in [0.15, 0.2) is 27.7 Å². The molecular weight excluding hydrogens is 272 g/mol. The van der Waals surface area contributed by atoms with E-state index in [0.29, 0.717) is 17.4 Å². The van der Waals surface area contributed by atoms with Gasteiger partial charge >= 0.3 is 0 Å². The summed E-state index contributed by atoms with van der Waals surface area (Å²) in [7, 11) is 3.15. The maximum Gasteiger partial charge on any atom is 0.252 e. The maximum atomic E-state index is 8.89. The van der Waals surface area contributed by atoms with Gasteiger partial charge in [0.05, 0.1) is 20.4 Å². The molecule has 2 aromatic rings. The van der Waals surface area contributed by atoms with Crippen molar-refractivity contribution in [2.24, 2.45) is 5.10 Å². The summed E-state index contributed by atoms with van der Waals surface area (Å²) < 4.78 is 15.6. The van der Waals surface area contributed by atoms with E-state index in [1.165, 1.54) is 0 Å². The molecule has 0 aliphatic heterocycles. The minimum Gasteiger partial charge on any atom is -0.497 e. The van der Waals surface area contributed by atoms with Gasteiger partial charge in [-0.25, -0.2) is 10.4 Å². The molecule has 108 valence electrons. The molecule has 0 aliphatic carbocycles. The summed E-state index contributed by atoms with van der Waals surface area (Å²) in [5.41, 5.74) is 3.55. The zero-order valence-electron chi connectivity index (χ0n) is 11.9. The molecule has 0 unspecified atom stereocenters. The van der Waals surface area contributed by atoms with E-state index in [9.17, 15) is 0 Å². The normalized spacial score (nSPS) is 10.4. The summed E-state index contributed by atoms with van der Waals surface area (Å²) in [5, 5.41) is 12.9. The number of hydrogen-bond donors (Lipinski definition) is 1. The molecule has 0 aliphatic rings. The van der Waals surface area contributed by atoms with E-state index in [1.807, 2.05) is 6.07 Å². The van der Waals surface area contributed by atoms with E-state index in [0.717, 1.165) is 5.56 Å². The van der Waals surface area contributed by atoms with Crippen LogP contribution in [0.4, 0.5) is 5.88 Å². The summed E-state index contributed by atoms with van der Waals surface area (Å²) in [4.78, 5) is 3.91. The number of methoxy groups -OCH3 is 2. The zero-order chi connectivity index (χ0) is 15.2. The molecule has 1 aromatic carbocycles. The molecule has 7 nitrogen and oxygen atoms in total. The van der Waals surface area contributed by atoms with E-state index < -0.39 is 0 Å². The van der Waals surface area contributed by atoms with Crippen molar-refractivity contribution in [3.63, 3.8) is 0 Å². The van der Waals surface area contributed by atoms with Gasteiger partial charge in [-0.05, 0) is 12.1 Å². The first kappa shape index (κ1) is 14.4. The molecule has 2 rings (SSSR count). The minimum atomic E-state index is 0.159. The summed E-state index contributed by atoms with van der Waals surface area (Å²) in [6, 6.07) is 7.27. The lowest BCUT2D eigenvalue weighted by atomic mass is 10.2. The van der Waals surface area contributed by atoms with Gasteiger partial charge in [0.1, 0.15) is 17.6 Å². The van der Waals surface area contributed by atoms with Crippen molar-refractivity contribution in [3.05, 3.63) is 35.3 Å². The van der Waals surface area contributed by atoms with Crippen LogP contribution >= 0.6 is 0 Å². The molecule has 7 heteroatoms. The van der Waals surface area contributed by atoms with Crippen LogP contribution in [-0.2, 0) is 0 Å². The largest absolute Gasteiger partial charge is 0.497 e. The lowest BCUT2D eigenvalue weighted by molar-refractivity contribution is 0.394. The van der Waals surface area contributed by atoms with Gasteiger partial charge in [0, 0.05) is 18.6 Å². The van der Waals surface area contributed by atoms with Crippen LogP contribution in [0.5, 0.6) is 11.5 Å². The summed E-state index contributed by atoms with van der Waals surface area (Å²) in [6.07, 6.45) is 1.55. The smallest absolute Gasteiger partial charge is 0.252 e. The summed E-state index contributed by atoms with van der Waals surface area (Å²) in [5.74, 6) is 1.91. The Morgan fingerprint density at radius 1 is 1.38 bits per heavy atom. The molecule has 21 heavy (non-hydrogen) atoms. The fourth-order valence-electron chi connectivity index (χ4n) is 1.66. The lowest BCUT2D eigenvalue weighted by Gasteiger charge is -2.06. The molecule has 0 spiro atoms. The minimum absolute atomic E-state index is 0.159. The second-order valence-corrected chi connectivity index (χ2v) is 4.00. The average molecular weight is 286 g/mol. The van der Waals surface area contributed by atoms with Crippen LogP contribution in [0.1, 0.15) is 17.1 Å². The van der Waals surface area contributed by atoms with Gasteiger partial charge in [-0.15, -0.1) is 0 Å². The Balaban J connectivity index is 2.16. The Morgan fingerprint density at radius 2 is 2.19 bits per heavy atom. The Kier molecular flexibility index (Phi) is 4.41. The number of benzene rings is 1. The van der Waals surface area contributed by atoms with Crippen molar-refractivity contribution < 1.29 is 13.9 Å². The van der Waals surface area contributed by atoms with E-state index in [1.54, 1.807) is 45.6 Å². The maximum absolute atomic E-state index is 8.89. The SMILES string of the molecule is COc1ccc(/C=N/Nc2oc(C)nc2C#N)c(OC)c1. The van der Waals surface area contributed by atoms with E-state index >= 15 is 0 Å². The Labute approximate surface area is 121 Å². The monoisotopic (exact) mass is 286 g/mol. The average Bonchev–Trinajstić information content (AvgIpc) is 2.87. The first-order chi connectivity index (χ1) is 10.2. The Morgan fingerprint density at radius 3 is 2.86 bits per heavy atom. The highest BCUT2D eigenvalue weighted by Crippen LogP contribution is 2.23. The molecule has 0 bridgehead atoms. The van der Waals surface area contributed by atoms with Gasteiger partial charge in [-0.3, -0.25) is 0 Å². The van der Waals surface area contributed by atoms with E-state index in [-0.39, 0.29) is 11.6 Å². The number of aromatic nitrogens is 1. The van der Waals surface area contributed by atoms with Gasteiger partial charge in [0.15, 0.2) is 5.89 Å². The number of nitrogens with one attached hydrogen (secondary N) is 1. The first-order valence-electron chi connectivity index (χ1n) is 6.06. The van der Waals surface area contributed by atoms with Crippen molar-refractivity contribution in [2.45, 2.75) is 6.92 Å². The predicted octanol–water partition coefficient (Wildman–Crippen LogP) is 2.32. The summed E-state index contributed by atoms with van der Waals surface area (Å²) in [6.45, 7) is 1.65. The van der Waals surface area contributed by atoms with Gasteiger partial charge < -0.3 is 13.9 Å². The second-order valence-electron chi connectivity index (χ2n) is 4.00. The second kappa shape index (κ2) is 6.43. The third-order valence-corrected chi connectivity index (χ3v) is 2.65. The number of ether oxygens (including phenoxy) is 2.